The average Bonchev–Trinajstić information content (AvgIpc) is 3.16. The Balaban J connectivity index is 0.00000320. The summed E-state index contributed by atoms with van der Waals surface area (Å²) in [5, 5.41) is 1.08. The molecule has 0 aliphatic carbocycles. The first kappa shape index (κ1) is 27.7. The Bertz CT molecular complexity index is 1230. The summed E-state index contributed by atoms with van der Waals surface area (Å²) in [6, 6.07) is 15.8. The van der Waals surface area contributed by atoms with Crippen molar-refractivity contribution in [2.24, 2.45) is 0 Å². The van der Waals surface area contributed by atoms with Crippen molar-refractivity contribution in [2.75, 3.05) is 33.8 Å². The number of carbonyl (C=O) groups is 1. The number of carbonyl (C=O) groups excluding carboxylic acids is 1. The van der Waals surface area contributed by atoms with Gasteiger partial charge in [-0.3, -0.25) is 9.78 Å². The maximum Gasteiger partial charge on any atom is 0.254 e. The van der Waals surface area contributed by atoms with Gasteiger partial charge in [0, 0.05) is 30.9 Å². The Labute approximate surface area is 235 Å². The number of hydrogen-bond acceptors (Lipinski definition) is 4. The Hall–Kier alpha value is -2.31. The minimum absolute atomic E-state index is 0. The lowest BCUT2D eigenvalue weighted by molar-refractivity contribution is 0.0746. The number of rotatable bonds is 7. The molecule has 3 heterocycles. The summed E-state index contributed by atoms with van der Waals surface area (Å²) in [6.45, 7) is 3.07. The summed E-state index contributed by atoms with van der Waals surface area (Å²) in [4.78, 5) is 21.9. The number of likely N-dealkylation sites (N-methyl/N-ethyl adjacent to an activating group) is 1. The number of hydrogen-bond donors (Lipinski definition) is 0. The fraction of sp³-hybridized carbons (Fsp3) is 0.379. The zero-order valence-electron chi connectivity index (χ0n) is 21.1. The van der Waals surface area contributed by atoms with Crippen LogP contribution in [-0.4, -0.2) is 54.5 Å². The minimum Gasteiger partial charge on any atom is -0.497 e. The molecule has 1 saturated heterocycles. The van der Waals surface area contributed by atoms with Gasteiger partial charge in [-0.2, -0.15) is 0 Å². The van der Waals surface area contributed by atoms with E-state index in [-0.39, 0.29) is 30.3 Å². The molecule has 5 nitrogen and oxygen atoms in total. The summed E-state index contributed by atoms with van der Waals surface area (Å²) in [7, 11) is 3.52. The lowest BCUT2D eigenvalue weighted by atomic mass is 9.84. The van der Waals surface area contributed by atoms with Crippen molar-refractivity contribution in [3.05, 3.63) is 93.2 Å². The first-order valence-corrected chi connectivity index (χ1v) is 13.2. The second kappa shape index (κ2) is 12.0. The molecule has 1 fully saturated rings. The molecule has 0 N–H and O–H groups in total. The van der Waals surface area contributed by atoms with E-state index in [1.807, 2.05) is 66.8 Å². The van der Waals surface area contributed by atoms with E-state index < -0.39 is 0 Å². The second-order valence-electron chi connectivity index (χ2n) is 9.79. The number of piperidine rings is 1. The highest BCUT2D eigenvalue weighted by molar-refractivity contribution is 6.42. The minimum atomic E-state index is -0.0800. The lowest BCUT2D eigenvalue weighted by Gasteiger charge is -2.35. The maximum atomic E-state index is 13.2. The Morgan fingerprint density at radius 2 is 1.86 bits per heavy atom. The van der Waals surface area contributed by atoms with Crippen LogP contribution >= 0.6 is 35.6 Å². The van der Waals surface area contributed by atoms with Gasteiger partial charge in [0.15, 0.2) is 0 Å². The third kappa shape index (κ3) is 5.75. The van der Waals surface area contributed by atoms with Crippen LogP contribution < -0.4 is 4.74 Å². The number of likely N-dealkylation sites (tertiary alicyclic amines) is 1. The topological polar surface area (TPSA) is 45.7 Å². The van der Waals surface area contributed by atoms with E-state index in [1.54, 1.807) is 7.11 Å². The molecule has 1 aromatic heterocycles. The van der Waals surface area contributed by atoms with Gasteiger partial charge in [0.1, 0.15) is 5.75 Å². The number of benzene rings is 2. The summed E-state index contributed by atoms with van der Waals surface area (Å²) in [6.07, 6.45) is 7.01. The molecular formula is C29H32Cl3N3O2. The molecule has 3 aromatic rings. The normalized spacial score (nSPS) is 18.9. The van der Waals surface area contributed by atoms with Crippen molar-refractivity contribution in [3.63, 3.8) is 0 Å². The SMILES string of the molecule is COc1ccc2c(c1)C(=O)N(C)C2C(CCN1CCC(c2cccnc2)CC1)c1ccc(Cl)c(Cl)c1.Cl. The van der Waals surface area contributed by atoms with Crippen LogP contribution in [0, 0.1) is 0 Å². The molecule has 5 rings (SSSR count). The van der Waals surface area contributed by atoms with E-state index in [0.717, 1.165) is 50.0 Å². The van der Waals surface area contributed by atoms with Gasteiger partial charge in [-0.15, -0.1) is 12.4 Å². The monoisotopic (exact) mass is 559 g/mol. The maximum absolute atomic E-state index is 13.2. The van der Waals surface area contributed by atoms with Crippen molar-refractivity contribution < 1.29 is 9.53 Å². The number of halogens is 3. The van der Waals surface area contributed by atoms with Gasteiger partial charge in [-0.25, -0.2) is 0 Å². The summed E-state index contributed by atoms with van der Waals surface area (Å²) >= 11 is 12.7. The van der Waals surface area contributed by atoms with E-state index in [2.05, 4.69) is 16.0 Å². The van der Waals surface area contributed by atoms with Gasteiger partial charge in [0.2, 0.25) is 0 Å². The number of nitrogens with zero attached hydrogens (tertiary/aromatic N) is 3. The van der Waals surface area contributed by atoms with Crippen molar-refractivity contribution in [2.45, 2.75) is 37.1 Å². The highest BCUT2D eigenvalue weighted by atomic mass is 35.5. The molecule has 2 aliphatic heterocycles. The average molecular weight is 561 g/mol. The number of pyridine rings is 1. The van der Waals surface area contributed by atoms with Crippen LogP contribution in [-0.2, 0) is 0 Å². The molecule has 2 aliphatic rings. The fourth-order valence-corrected chi connectivity index (χ4v) is 6.10. The number of aromatic nitrogens is 1. The molecular weight excluding hydrogens is 529 g/mol. The van der Waals surface area contributed by atoms with Crippen LogP contribution in [0.3, 0.4) is 0 Å². The second-order valence-corrected chi connectivity index (χ2v) is 10.6. The molecule has 8 heteroatoms. The third-order valence-corrected chi connectivity index (χ3v) is 8.54. The highest BCUT2D eigenvalue weighted by Crippen LogP contribution is 2.46. The number of methoxy groups -OCH3 is 1. The van der Waals surface area contributed by atoms with E-state index >= 15 is 0 Å². The van der Waals surface area contributed by atoms with E-state index in [4.69, 9.17) is 27.9 Å². The van der Waals surface area contributed by atoms with Crippen LogP contribution in [0.4, 0.5) is 0 Å². The Kier molecular flexibility index (Phi) is 9.02. The first-order valence-electron chi connectivity index (χ1n) is 12.5. The van der Waals surface area contributed by atoms with Crippen LogP contribution in [0.25, 0.3) is 0 Å². The largest absolute Gasteiger partial charge is 0.497 e. The predicted octanol–water partition coefficient (Wildman–Crippen LogP) is 7.00. The molecule has 2 unspecified atom stereocenters. The van der Waals surface area contributed by atoms with Crippen molar-refractivity contribution in [1.29, 1.82) is 0 Å². The standard InChI is InChI=1S/C29H31Cl2N3O2.ClH/c1-33-28(24-7-6-22(36-2)17-25(24)29(33)35)23(20-5-8-26(30)27(31)16-20)11-15-34-13-9-19(10-14-34)21-4-3-12-32-18-21;/h3-8,12,16-19,23,28H,9-11,13-15H2,1-2H3;1H. The van der Waals surface area contributed by atoms with E-state index in [1.165, 1.54) is 5.56 Å². The van der Waals surface area contributed by atoms with Crippen LogP contribution in [0.1, 0.15) is 64.2 Å². The number of fused-ring (bicyclic) bond motifs is 1. The highest BCUT2D eigenvalue weighted by Gasteiger charge is 2.40. The molecule has 2 aromatic carbocycles. The van der Waals surface area contributed by atoms with E-state index in [9.17, 15) is 4.79 Å². The summed E-state index contributed by atoms with van der Waals surface area (Å²) in [5.74, 6) is 1.37. The Morgan fingerprint density at radius 3 is 2.54 bits per heavy atom. The van der Waals surface area contributed by atoms with Gasteiger partial charge in [-0.05, 0) is 91.8 Å². The van der Waals surface area contributed by atoms with Gasteiger partial charge in [0.25, 0.3) is 5.91 Å². The Morgan fingerprint density at radius 1 is 1.08 bits per heavy atom. The molecule has 2 atom stereocenters. The smallest absolute Gasteiger partial charge is 0.254 e. The van der Waals surface area contributed by atoms with Gasteiger partial charge in [-0.1, -0.05) is 41.4 Å². The van der Waals surface area contributed by atoms with Crippen molar-refractivity contribution in [3.8, 4) is 5.75 Å². The molecule has 0 spiro atoms. The van der Waals surface area contributed by atoms with Crippen LogP contribution in [0.5, 0.6) is 5.75 Å². The zero-order valence-corrected chi connectivity index (χ0v) is 23.4. The van der Waals surface area contributed by atoms with Crippen molar-refractivity contribution in [1.82, 2.24) is 14.8 Å². The van der Waals surface area contributed by atoms with Crippen LogP contribution in [0.2, 0.25) is 10.0 Å². The van der Waals surface area contributed by atoms with E-state index in [0.29, 0.717) is 27.3 Å². The number of amides is 1. The molecule has 196 valence electrons. The third-order valence-electron chi connectivity index (χ3n) is 7.80. The van der Waals surface area contributed by atoms with Crippen molar-refractivity contribution >= 4 is 41.5 Å². The first-order chi connectivity index (χ1) is 17.5. The zero-order chi connectivity index (χ0) is 25.2. The van der Waals surface area contributed by atoms with Crippen LogP contribution in [0.15, 0.2) is 60.9 Å². The fourth-order valence-electron chi connectivity index (χ4n) is 5.80. The lowest BCUT2D eigenvalue weighted by Crippen LogP contribution is -2.35. The molecule has 0 radical (unpaired) electrons. The quantitative estimate of drug-likeness (QED) is 0.312. The summed E-state index contributed by atoms with van der Waals surface area (Å²) in [5.41, 5.74) is 4.19. The predicted molar refractivity (Wildman–Crippen MR) is 152 cm³/mol. The molecule has 0 saturated carbocycles. The molecule has 37 heavy (non-hydrogen) atoms. The molecule has 1 amide bonds. The summed E-state index contributed by atoms with van der Waals surface area (Å²) < 4.78 is 5.39. The van der Waals surface area contributed by atoms with Gasteiger partial charge in [0.05, 0.1) is 23.2 Å². The number of ether oxygens (including phenoxy) is 1. The molecule has 0 bridgehead atoms. The van der Waals surface area contributed by atoms with Gasteiger partial charge < -0.3 is 14.5 Å². The van der Waals surface area contributed by atoms with Gasteiger partial charge >= 0.3 is 0 Å².